The molecular weight excluding hydrogens is 341 g/mol. The fourth-order valence-electron chi connectivity index (χ4n) is 4.01. The Hall–Kier alpha value is -1.99. The van der Waals surface area contributed by atoms with E-state index in [2.05, 4.69) is 14.3 Å². The standard InChI is InChI=1S/C18H18FN3O2S/c19-13-7-12-14(8-11(13)9-3-5-20-6-4-9)22(10-1-2-10)18-15(16(12)23)17(24)21-25-18/h7-10,20H,1-6H2,(H,21,24). The first kappa shape index (κ1) is 15.3. The van der Waals surface area contributed by atoms with E-state index in [4.69, 9.17) is 0 Å². The van der Waals surface area contributed by atoms with Gasteiger partial charge in [0.15, 0.2) is 0 Å². The molecule has 3 aromatic rings. The van der Waals surface area contributed by atoms with Crippen molar-refractivity contribution in [3.63, 3.8) is 0 Å². The predicted octanol–water partition coefficient (Wildman–Crippen LogP) is 2.85. The second-order valence-electron chi connectivity index (χ2n) is 7.06. The maximum Gasteiger partial charge on any atom is 0.271 e. The van der Waals surface area contributed by atoms with Crippen LogP contribution in [0.4, 0.5) is 4.39 Å². The molecule has 5 rings (SSSR count). The van der Waals surface area contributed by atoms with Crippen molar-refractivity contribution in [2.24, 2.45) is 0 Å². The van der Waals surface area contributed by atoms with Gasteiger partial charge in [0.2, 0.25) is 5.43 Å². The summed E-state index contributed by atoms with van der Waals surface area (Å²) in [4.78, 5) is 25.6. The van der Waals surface area contributed by atoms with Gasteiger partial charge in [-0.3, -0.25) is 14.0 Å². The third-order valence-corrected chi connectivity index (χ3v) is 6.32. The molecule has 1 aliphatic carbocycles. The van der Waals surface area contributed by atoms with Gasteiger partial charge in [0.25, 0.3) is 5.56 Å². The van der Waals surface area contributed by atoms with Gasteiger partial charge in [0.1, 0.15) is 16.0 Å². The van der Waals surface area contributed by atoms with Crippen LogP contribution in [0.5, 0.6) is 0 Å². The monoisotopic (exact) mass is 359 g/mol. The Bertz CT molecular complexity index is 1100. The fraction of sp³-hybridized carbons (Fsp3) is 0.444. The van der Waals surface area contributed by atoms with E-state index in [1.165, 1.54) is 17.6 Å². The third-order valence-electron chi connectivity index (χ3n) is 5.44. The van der Waals surface area contributed by atoms with Gasteiger partial charge >= 0.3 is 0 Å². The van der Waals surface area contributed by atoms with Crippen LogP contribution in [0, 0.1) is 5.82 Å². The molecule has 2 aliphatic rings. The van der Waals surface area contributed by atoms with E-state index >= 15 is 0 Å². The van der Waals surface area contributed by atoms with Crippen molar-refractivity contribution in [2.75, 3.05) is 13.1 Å². The summed E-state index contributed by atoms with van der Waals surface area (Å²) in [5.74, 6) is -0.154. The zero-order valence-electron chi connectivity index (χ0n) is 13.6. The van der Waals surface area contributed by atoms with Crippen LogP contribution >= 0.6 is 11.5 Å². The minimum absolute atomic E-state index is 0.165. The smallest absolute Gasteiger partial charge is 0.271 e. The largest absolute Gasteiger partial charge is 0.328 e. The van der Waals surface area contributed by atoms with E-state index in [0.717, 1.165) is 44.3 Å². The highest BCUT2D eigenvalue weighted by Gasteiger charge is 2.30. The first-order valence-corrected chi connectivity index (χ1v) is 9.56. The van der Waals surface area contributed by atoms with Crippen LogP contribution < -0.4 is 16.3 Å². The lowest BCUT2D eigenvalue weighted by Gasteiger charge is -2.24. The molecule has 5 nitrogen and oxygen atoms in total. The molecule has 2 N–H and O–H groups in total. The van der Waals surface area contributed by atoms with Gasteiger partial charge in [-0.25, -0.2) is 4.39 Å². The molecule has 7 heteroatoms. The SMILES string of the molecule is O=c1[nH]sc2c1c(=O)c1cc(F)c(C3CCNCC3)cc1n2C1CC1. The van der Waals surface area contributed by atoms with Crippen molar-refractivity contribution in [3.8, 4) is 0 Å². The third kappa shape index (κ3) is 2.29. The van der Waals surface area contributed by atoms with Gasteiger partial charge < -0.3 is 9.88 Å². The Morgan fingerprint density at radius 2 is 1.88 bits per heavy atom. The first-order chi connectivity index (χ1) is 12.1. The summed E-state index contributed by atoms with van der Waals surface area (Å²) < 4.78 is 19.6. The number of halogens is 1. The van der Waals surface area contributed by atoms with Gasteiger partial charge in [-0.2, -0.15) is 0 Å². The van der Waals surface area contributed by atoms with Crippen molar-refractivity contribution in [1.82, 2.24) is 14.3 Å². The molecule has 0 spiro atoms. The number of aromatic nitrogens is 2. The number of piperidine rings is 1. The van der Waals surface area contributed by atoms with Crippen LogP contribution in [0.3, 0.4) is 0 Å². The van der Waals surface area contributed by atoms with Gasteiger partial charge in [-0.1, -0.05) is 0 Å². The van der Waals surface area contributed by atoms with Crippen LogP contribution in [0.25, 0.3) is 21.1 Å². The van der Waals surface area contributed by atoms with E-state index in [1.54, 1.807) is 0 Å². The average molecular weight is 359 g/mol. The summed E-state index contributed by atoms with van der Waals surface area (Å²) in [6.45, 7) is 1.77. The molecule has 3 heterocycles. The second-order valence-corrected chi connectivity index (χ2v) is 7.85. The summed E-state index contributed by atoms with van der Waals surface area (Å²) in [6, 6.07) is 3.51. The van der Waals surface area contributed by atoms with Crippen molar-refractivity contribution >= 4 is 32.7 Å². The topological polar surface area (TPSA) is 66.9 Å². The van der Waals surface area contributed by atoms with E-state index in [0.29, 0.717) is 21.8 Å². The van der Waals surface area contributed by atoms with Crippen molar-refractivity contribution in [2.45, 2.75) is 37.6 Å². The zero-order chi connectivity index (χ0) is 17.1. The Morgan fingerprint density at radius 1 is 1.12 bits per heavy atom. The first-order valence-electron chi connectivity index (χ1n) is 8.74. The molecule has 0 radical (unpaired) electrons. The maximum absolute atomic E-state index is 14.8. The van der Waals surface area contributed by atoms with Gasteiger partial charge in [-0.15, -0.1) is 0 Å². The van der Waals surface area contributed by atoms with Crippen LogP contribution in [0.2, 0.25) is 0 Å². The lowest BCUT2D eigenvalue weighted by molar-refractivity contribution is 0.445. The summed E-state index contributed by atoms with van der Waals surface area (Å²) >= 11 is 1.21. The number of hydrogen-bond acceptors (Lipinski definition) is 4. The Morgan fingerprint density at radius 3 is 2.60 bits per heavy atom. The number of rotatable bonds is 2. The molecule has 1 aliphatic heterocycles. The molecule has 0 amide bonds. The Labute approximate surface area is 146 Å². The highest BCUT2D eigenvalue weighted by Crippen LogP contribution is 2.41. The van der Waals surface area contributed by atoms with Crippen LogP contribution in [0.1, 0.15) is 43.2 Å². The van der Waals surface area contributed by atoms with Crippen LogP contribution in [-0.4, -0.2) is 22.0 Å². The lowest BCUT2D eigenvalue weighted by Crippen LogP contribution is -2.27. The molecule has 1 aromatic carbocycles. The minimum Gasteiger partial charge on any atom is -0.328 e. The predicted molar refractivity (Wildman–Crippen MR) is 97.3 cm³/mol. The van der Waals surface area contributed by atoms with E-state index < -0.39 is 0 Å². The highest BCUT2D eigenvalue weighted by atomic mass is 32.1. The van der Waals surface area contributed by atoms with E-state index in [9.17, 15) is 14.0 Å². The van der Waals surface area contributed by atoms with Crippen molar-refractivity contribution in [3.05, 3.63) is 44.1 Å². The molecule has 25 heavy (non-hydrogen) atoms. The van der Waals surface area contributed by atoms with Crippen molar-refractivity contribution < 1.29 is 4.39 Å². The van der Waals surface area contributed by atoms with Crippen LogP contribution in [0.15, 0.2) is 21.7 Å². The lowest BCUT2D eigenvalue weighted by atomic mass is 9.89. The van der Waals surface area contributed by atoms with Gasteiger partial charge in [0, 0.05) is 11.4 Å². The number of benzene rings is 1. The summed E-state index contributed by atoms with van der Waals surface area (Å²) in [7, 11) is 0. The molecule has 130 valence electrons. The Balaban J connectivity index is 1.86. The number of aromatic amines is 1. The summed E-state index contributed by atoms with van der Waals surface area (Å²) in [6.07, 6.45) is 3.85. The van der Waals surface area contributed by atoms with Crippen LogP contribution in [-0.2, 0) is 0 Å². The number of H-pyrrole nitrogens is 1. The zero-order valence-corrected chi connectivity index (χ0v) is 14.4. The number of hydrogen-bond donors (Lipinski definition) is 2. The number of nitrogens with one attached hydrogen (secondary N) is 2. The summed E-state index contributed by atoms with van der Waals surface area (Å²) in [5.41, 5.74) is 0.736. The molecule has 0 unspecified atom stereocenters. The normalized spacial score (nSPS) is 19.1. The van der Waals surface area contributed by atoms with E-state index in [-0.39, 0.29) is 28.1 Å². The molecule has 1 saturated carbocycles. The fourth-order valence-corrected chi connectivity index (χ4v) is 4.93. The number of nitrogens with zero attached hydrogens (tertiary/aromatic N) is 1. The van der Waals surface area contributed by atoms with Gasteiger partial charge in [-0.05, 0) is 73.9 Å². The Kier molecular flexibility index (Phi) is 3.36. The number of pyridine rings is 1. The second kappa shape index (κ2) is 5.51. The maximum atomic E-state index is 14.8. The molecule has 0 atom stereocenters. The average Bonchev–Trinajstić information content (AvgIpc) is 3.38. The molecular formula is C18H18FN3O2S. The van der Waals surface area contributed by atoms with Gasteiger partial charge in [0.05, 0.1) is 5.52 Å². The molecule has 1 saturated heterocycles. The molecule has 2 aromatic heterocycles. The quantitative estimate of drug-likeness (QED) is 0.739. The van der Waals surface area contributed by atoms with Crippen molar-refractivity contribution in [1.29, 1.82) is 0 Å². The summed E-state index contributed by atoms with van der Waals surface area (Å²) in [5, 5.41) is 3.79. The molecule has 0 bridgehead atoms. The molecule has 2 fully saturated rings. The number of fused-ring (bicyclic) bond motifs is 2. The highest BCUT2D eigenvalue weighted by molar-refractivity contribution is 7.12. The minimum atomic E-state index is -0.371. The van der Waals surface area contributed by atoms with E-state index in [1.807, 2.05) is 6.07 Å².